The van der Waals surface area contributed by atoms with E-state index < -0.39 is 4.92 Å². The second-order valence-corrected chi connectivity index (χ2v) is 4.35. The number of nitrogens with zero attached hydrogens (tertiary/aromatic N) is 2. The Morgan fingerprint density at radius 2 is 2.26 bits per heavy atom. The molecule has 1 aliphatic heterocycles. The van der Waals surface area contributed by atoms with E-state index in [1.807, 2.05) is 4.90 Å². The number of hydrogen-bond donors (Lipinski definition) is 2. The first kappa shape index (κ1) is 13.3. The maximum atomic E-state index is 11.5. The van der Waals surface area contributed by atoms with Crippen molar-refractivity contribution < 1.29 is 14.8 Å². The number of nitro benzene ring substituents is 1. The first-order valence-corrected chi connectivity index (χ1v) is 6.01. The molecule has 102 valence electrons. The van der Waals surface area contributed by atoms with Gasteiger partial charge in [0, 0.05) is 36.5 Å². The zero-order valence-corrected chi connectivity index (χ0v) is 10.3. The lowest BCUT2D eigenvalue weighted by atomic mass is 10.1. The zero-order chi connectivity index (χ0) is 13.8. The van der Waals surface area contributed by atoms with E-state index >= 15 is 0 Å². The van der Waals surface area contributed by atoms with Crippen molar-refractivity contribution in [2.45, 2.75) is 13.0 Å². The quantitative estimate of drug-likeness (QED) is 0.609. The van der Waals surface area contributed by atoms with Crippen LogP contribution in [0.4, 0.5) is 11.4 Å². The van der Waals surface area contributed by atoms with Crippen LogP contribution in [0, 0.1) is 10.1 Å². The Balaban J connectivity index is 2.32. The van der Waals surface area contributed by atoms with Gasteiger partial charge >= 0.3 is 0 Å². The normalized spacial score (nSPS) is 15.8. The van der Waals surface area contributed by atoms with Crippen molar-refractivity contribution in [1.29, 1.82) is 0 Å². The minimum absolute atomic E-state index is 0.0629. The molecule has 0 aromatic heterocycles. The van der Waals surface area contributed by atoms with Crippen LogP contribution >= 0.6 is 0 Å². The Hall–Kier alpha value is -2.15. The molecule has 1 aromatic carbocycles. The van der Waals surface area contributed by atoms with E-state index in [1.165, 1.54) is 12.1 Å². The molecule has 7 nitrogen and oxygen atoms in total. The first-order valence-electron chi connectivity index (χ1n) is 6.01. The number of non-ortho nitro benzene ring substituents is 1. The number of benzene rings is 1. The molecule has 0 atom stereocenters. The third kappa shape index (κ3) is 3.00. The van der Waals surface area contributed by atoms with E-state index in [2.05, 4.69) is 5.32 Å². The number of nitro groups is 1. The van der Waals surface area contributed by atoms with Crippen LogP contribution in [0.2, 0.25) is 0 Å². The van der Waals surface area contributed by atoms with Gasteiger partial charge in [-0.2, -0.15) is 0 Å². The summed E-state index contributed by atoms with van der Waals surface area (Å²) in [6, 6.07) is 4.32. The summed E-state index contributed by atoms with van der Waals surface area (Å²) in [6.45, 7) is 1.19. The number of carbonyl (C=O) groups is 1. The van der Waals surface area contributed by atoms with Gasteiger partial charge in [-0.1, -0.05) is 0 Å². The molecule has 1 fully saturated rings. The number of hydrogen-bond acceptors (Lipinski definition) is 5. The molecule has 2 N–H and O–H groups in total. The number of aliphatic hydroxyl groups is 1. The molecule has 1 amide bonds. The zero-order valence-electron chi connectivity index (χ0n) is 10.3. The van der Waals surface area contributed by atoms with Crippen LogP contribution < -0.4 is 10.2 Å². The summed E-state index contributed by atoms with van der Waals surface area (Å²) in [4.78, 5) is 23.6. The third-order valence-electron chi connectivity index (χ3n) is 3.05. The van der Waals surface area contributed by atoms with E-state index in [-0.39, 0.29) is 24.7 Å². The van der Waals surface area contributed by atoms with Crippen LogP contribution in [-0.4, -0.2) is 35.6 Å². The first-order chi connectivity index (χ1) is 9.11. The average molecular weight is 265 g/mol. The molecule has 1 saturated heterocycles. The summed E-state index contributed by atoms with van der Waals surface area (Å²) >= 11 is 0. The smallest absolute Gasteiger partial charge is 0.269 e. The van der Waals surface area contributed by atoms with Crippen molar-refractivity contribution in [3.8, 4) is 0 Å². The molecule has 0 unspecified atom stereocenters. The van der Waals surface area contributed by atoms with Crippen LogP contribution in [0.1, 0.15) is 12.0 Å². The lowest BCUT2D eigenvalue weighted by molar-refractivity contribution is -0.384. The highest BCUT2D eigenvalue weighted by molar-refractivity contribution is 5.82. The van der Waals surface area contributed by atoms with E-state index in [0.29, 0.717) is 24.3 Å². The van der Waals surface area contributed by atoms with Gasteiger partial charge in [0.05, 0.1) is 18.1 Å². The Labute approximate surface area is 110 Å². The maximum Gasteiger partial charge on any atom is 0.269 e. The van der Waals surface area contributed by atoms with E-state index in [0.717, 1.165) is 6.42 Å². The number of amides is 1. The summed E-state index contributed by atoms with van der Waals surface area (Å²) < 4.78 is 0. The van der Waals surface area contributed by atoms with Crippen molar-refractivity contribution >= 4 is 17.3 Å². The van der Waals surface area contributed by atoms with Crippen molar-refractivity contribution in [2.75, 3.05) is 24.5 Å². The summed E-state index contributed by atoms with van der Waals surface area (Å²) in [5, 5.41) is 22.8. The second kappa shape index (κ2) is 5.66. The minimum Gasteiger partial charge on any atom is -0.392 e. The molecule has 0 radical (unpaired) electrons. The largest absolute Gasteiger partial charge is 0.392 e. The third-order valence-corrected chi connectivity index (χ3v) is 3.05. The molecule has 0 aliphatic carbocycles. The molecule has 0 bridgehead atoms. The summed E-state index contributed by atoms with van der Waals surface area (Å²) in [5.41, 5.74) is 1.07. The Bertz CT molecular complexity index is 504. The Kier molecular flexibility index (Phi) is 3.96. The van der Waals surface area contributed by atoms with Gasteiger partial charge in [-0.25, -0.2) is 0 Å². The van der Waals surface area contributed by atoms with Crippen LogP contribution in [0.15, 0.2) is 18.2 Å². The highest BCUT2D eigenvalue weighted by Gasteiger charge is 2.19. The van der Waals surface area contributed by atoms with Gasteiger partial charge in [0.15, 0.2) is 0 Å². The van der Waals surface area contributed by atoms with Crippen LogP contribution in [-0.2, 0) is 11.4 Å². The molecule has 7 heteroatoms. The summed E-state index contributed by atoms with van der Waals surface area (Å²) in [7, 11) is 0. The standard InChI is InChI=1S/C12H15N3O4/c16-8-9-6-10(15(18)19)2-3-11(9)14-5-1-4-13-12(17)7-14/h2-3,6,16H,1,4-5,7-8H2,(H,13,17). The summed E-state index contributed by atoms with van der Waals surface area (Å²) in [6.07, 6.45) is 0.799. The molecular weight excluding hydrogens is 250 g/mol. The Morgan fingerprint density at radius 1 is 1.47 bits per heavy atom. The number of aliphatic hydroxyl groups excluding tert-OH is 1. The van der Waals surface area contributed by atoms with Crippen molar-refractivity contribution in [2.24, 2.45) is 0 Å². The number of rotatable bonds is 3. The van der Waals surface area contributed by atoms with Gasteiger partial charge in [0.1, 0.15) is 0 Å². The van der Waals surface area contributed by atoms with Gasteiger partial charge in [-0.3, -0.25) is 14.9 Å². The minimum atomic E-state index is -0.502. The van der Waals surface area contributed by atoms with Crippen molar-refractivity contribution in [3.63, 3.8) is 0 Å². The average Bonchev–Trinajstić information content (AvgIpc) is 2.62. The van der Waals surface area contributed by atoms with Gasteiger partial charge in [0.25, 0.3) is 5.69 Å². The molecule has 2 rings (SSSR count). The number of nitrogens with one attached hydrogen (secondary N) is 1. The van der Waals surface area contributed by atoms with Crippen LogP contribution in [0.3, 0.4) is 0 Å². The number of carbonyl (C=O) groups excluding carboxylic acids is 1. The van der Waals surface area contributed by atoms with Crippen molar-refractivity contribution in [1.82, 2.24) is 5.32 Å². The van der Waals surface area contributed by atoms with Crippen LogP contribution in [0.25, 0.3) is 0 Å². The molecule has 1 aromatic rings. The number of anilines is 1. The van der Waals surface area contributed by atoms with Gasteiger partial charge < -0.3 is 15.3 Å². The van der Waals surface area contributed by atoms with E-state index in [9.17, 15) is 20.0 Å². The fourth-order valence-electron chi connectivity index (χ4n) is 2.13. The topological polar surface area (TPSA) is 95.7 Å². The highest BCUT2D eigenvalue weighted by Crippen LogP contribution is 2.26. The fraction of sp³-hybridized carbons (Fsp3) is 0.417. The van der Waals surface area contributed by atoms with Gasteiger partial charge in [-0.15, -0.1) is 0 Å². The van der Waals surface area contributed by atoms with E-state index in [4.69, 9.17) is 0 Å². The molecular formula is C12H15N3O4. The lowest BCUT2D eigenvalue weighted by Crippen LogP contribution is -2.33. The van der Waals surface area contributed by atoms with E-state index in [1.54, 1.807) is 6.07 Å². The fourth-order valence-corrected chi connectivity index (χ4v) is 2.13. The SMILES string of the molecule is O=C1CN(c2ccc([N+](=O)[O-])cc2CO)CCCN1. The lowest BCUT2D eigenvalue weighted by Gasteiger charge is -2.23. The maximum absolute atomic E-state index is 11.5. The Morgan fingerprint density at radius 3 is 2.95 bits per heavy atom. The predicted molar refractivity (Wildman–Crippen MR) is 68.9 cm³/mol. The molecule has 19 heavy (non-hydrogen) atoms. The highest BCUT2D eigenvalue weighted by atomic mass is 16.6. The summed E-state index contributed by atoms with van der Waals surface area (Å²) in [5.74, 6) is -0.0836. The van der Waals surface area contributed by atoms with Crippen molar-refractivity contribution in [3.05, 3.63) is 33.9 Å². The van der Waals surface area contributed by atoms with Crippen LogP contribution in [0.5, 0.6) is 0 Å². The molecule has 1 heterocycles. The second-order valence-electron chi connectivity index (χ2n) is 4.35. The predicted octanol–water partition coefficient (Wildman–Crippen LogP) is 0.413. The van der Waals surface area contributed by atoms with Gasteiger partial charge in [0.2, 0.25) is 5.91 Å². The van der Waals surface area contributed by atoms with Gasteiger partial charge in [-0.05, 0) is 12.5 Å². The molecule has 0 spiro atoms. The molecule has 1 aliphatic rings. The monoisotopic (exact) mass is 265 g/mol. The molecule has 0 saturated carbocycles.